The third-order valence-electron chi connectivity index (χ3n) is 4.63. The molecule has 0 spiro atoms. The van der Waals surface area contributed by atoms with E-state index in [9.17, 15) is 9.59 Å². The Morgan fingerprint density at radius 2 is 2.07 bits per heavy atom. The molecule has 2 fully saturated rings. The van der Waals surface area contributed by atoms with Crippen LogP contribution in [0.4, 0.5) is 15.6 Å². The molecule has 4 rings (SSSR count). The molecule has 2 aliphatic rings. The Balaban J connectivity index is 1.33. The first-order valence-corrected chi connectivity index (χ1v) is 10.1. The van der Waals surface area contributed by atoms with Gasteiger partial charge in [-0.15, -0.1) is 0 Å². The normalized spacial score (nSPS) is 19.6. The van der Waals surface area contributed by atoms with E-state index in [0.717, 1.165) is 22.3 Å². The van der Waals surface area contributed by atoms with Gasteiger partial charge in [-0.05, 0) is 24.6 Å². The van der Waals surface area contributed by atoms with Crippen LogP contribution in [0.3, 0.4) is 0 Å². The van der Waals surface area contributed by atoms with Crippen LogP contribution in [0, 0.1) is 0 Å². The van der Waals surface area contributed by atoms with Crippen molar-refractivity contribution in [2.24, 2.45) is 0 Å². The zero-order valence-electron chi connectivity index (χ0n) is 15.4. The standard InChI is InChI=1S/C18H23N5O4S/c24-16(20-13-3-6-27-11-13)10-19-17-22-14-2-1-12(9-15(14)28-17)21-18(25)23-4-7-26-8-5-23/h1-2,9,13H,3-8,10-11H2,(H,19,22)(H,20,24)(H,21,25)/t13-/m1/s1. The maximum Gasteiger partial charge on any atom is 0.322 e. The maximum atomic E-state index is 12.3. The van der Waals surface area contributed by atoms with Crippen LogP contribution in [-0.4, -0.2) is 73.9 Å². The maximum absolute atomic E-state index is 12.3. The third kappa shape index (κ3) is 4.70. The molecular weight excluding hydrogens is 382 g/mol. The summed E-state index contributed by atoms with van der Waals surface area (Å²) in [5.74, 6) is -0.0757. The molecule has 10 heteroatoms. The molecule has 0 radical (unpaired) electrons. The SMILES string of the molecule is O=C(CNc1nc2ccc(NC(=O)N3CCOCC3)cc2s1)N[C@@H]1CCOC1. The number of aromatic nitrogens is 1. The Hall–Kier alpha value is -2.43. The lowest BCUT2D eigenvalue weighted by molar-refractivity contribution is -0.120. The lowest BCUT2D eigenvalue weighted by Gasteiger charge is -2.26. The molecule has 150 valence electrons. The number of carbonyl (C=O) groups is 2. The molecule has 1 aromatic carbocycles. The van der Waals surface area contributed by atoms with Gasteiger partial charge in [0.05, 0.1) is 42.6 Å². The summed E-state index contributed by atoms with van der Waals surface area (Å²) < 4.78 is 11.5. The predicted molar refractivity (Wildman–Crippen MR) is 107 cm³/mol. The lowest BCUT2D eigenvalue weighted by Crippen LogP contribution is -2.43. The van der Waals surface area contributed by atoms with Crippen LogP contribution >= 0.6 is 11.3 Å². The molecule has 0 aliphatic carbocycles. The minimum Gasteiger partial charge on any atom is -0.379 e. The molecule has 3 heterocycles. The highest BCUT2D eigenvalue weighted by Crippen LogP contribution is 2.28. The fourth-order valence-electron chi connectivity index (χ4n) is 3.13. The fourth-order valence-corrected chi connectivity index (χ4v) is 4.03. The number of thiazole rings is 1. The van der Waals surface area contributed by atoms with E-state index in [1.165, 1.54) is 11.3 Å². The van der Waals surface area contributed by atoms with Crippen LogP contribution in [-0.2, 0) is 14.3 Å². The minimum absolute atomic E-state index is 0.0757. The van der Waals surface area contributed by atoms with Crippen molar-refractivity contribution in [2.75, 3.05) is 56.7 Å². The summed E-state index contributed by atoms with van der Waals surface area (Å²) in [5, 5.41) is 9.59. The Morgan fingerprint density at radius 3 is 2.86 bits per heavy atom. The van der Waals surface area contributed by atoms with Gasteiger partial charge in [-0.25, -0.2) is 9.78 Å². The quantitative estimate of drug-likeness (QED) is 0.696. The van der Waals surface area contributed by atoms with Gasteiger partial charge in [-0.3, -0.25) is 4.79 Å². The highest BCUT2D eigenvalue weighted by Gasteiger charge is 2.18. The third-order valence-corrected chi connectivity index (χ3v) is 5.61. The molecule has 0 unspecified atom stereocenters. The summed E-state index contributed by atoms with van der Waals surface area (Å²) in [6.07, 6.45) is 0.853. The number of amides is 3. The molecule has 2 aromatic rings. The smallest absolute Gasteiger partial charge is 0.322 e. The highest BCUT2D eigenvalue weighted by atomic mass is 32.1. The van der Waals surface area contributed by atoms with E-state index in [1.807, 2.05) is 18.2 Å². The summed E-state index contributed by atoms with van der Waals surface area (Å²) in [5.41, 5.74) is 1.54. The molecule has 0 saturated carbocycles. The van der Waals surface area contributed by atoms with Crippen LogP contribution in [0.2, 0.25) is 0 Å². The number of carbonyl (C=O) groups excluding carboxylic acids is 2. The van der Waals surface area contributed by atoms with E-state index >= 15 is 0 Å². The van der Waals surface area contributed by atoms with Gasteiger partial charge in [0.1, 0.15) is 0 Å². The number of hydrogen-bond donors (Lipinski definition) is 3. The van der Waals surface area contributed by atoms with Gasteiger partial charge in [-0.2, -0.15) is 0 Å². The average molecular weight is 405 g/mol. The van der Waals surface area contributed by atoms with Crippen LogP contribution < -0.4 is 16.0 Å². The van der Waals surface area contributed by atoms with Gasteiger partial charge in [-0.1, -0.05) is 11.3 Å². The van der Waals surface area contributed by atoms with E-state index in [1.54, 1.807) is 4.90 Å². The summed E-state index contributed by atoms with van der Waals surface area (Å²) in [4.78, 5) is 30.5. The number of benzene rings is 1. The molecule has 3 amide bonds. The number of ether oxygens (including phenoxy) is 2. The van der Waals surface area contributed by atoms with Crippen molar-refractivity contribution in [1.29, 1.82) is 0 Å². The summed E-state index contributed by atoms with van der Waals surface area (Å²) in [7, 11) is 0. The highest BCUT2D eigenvalue weighted by molar-refractivity contribution is 7.22. The monoisotopic (exact) mass is 405 g/mol. The number of nitrogens with zero attached hydrogens (tertiary/aromatic N) is 2. The largest absolute Gasteiger partial charge is 0.379 e. The predicted octanol–water partition coefficient (Wildman–Crippen LogP) is 1.48. The molecular formula is C18H23N5O4S. The second-order valence-corrected chi connectivity index (χ2v) is 7.74. The van der Waals surface area contributed by atoms with Gasteiger partial charge in [0.25, 0.3) is 0 Å². The minimum atomic E-state index is -0.127. The van der Waals surface area contributed by atoms with E-state index in [2.05, 4.69) is 20.9 Å². The van der Waals surface area contributed by atoms with Crippen LogP contribution in [0.1, 0.15) is 6.42 Å². The number of anilines is 2. The van der Waals surface area contributed by atoms with Crippen molar-refractivity contribution in [1.82, 2.24) is 15.2 Å². The van der Waals surface area contributed by atoms with Crippen molar-refractivity contribution in [3.8, 4) is 0 Å². The second-order valence-electron chi connectivity index (χ2n) is 6.71. The van der Waals surface area contributed by atoms with Gasteiger partial charge >= 0.3 is 6.03 Å². The summed E-state index contributed by atoms with van der Waals surface area (Å²) in [6.45, 7) is 3.76. The van der Waals surface area contributed by atoms with Gasteiger partial charge in [0.2, 0.25) is 5.91 Å². The van der Waals surface area contributed by atoms with Crippen molar-refractivity contribution in [3.63, 3.8) is 0 Å². The Morgan fingerprint density at radius 1 is 1.21 bits per heavy atom. The van der Waals surface area contributed by atoms with Crippen LogP contribution in [0.5, 0.6) is 0 Å². The Labute approximate surface area is 166 Å². The molecule has 9 nitrogen and oxygen atoms in total. The molecule has 1 atom stereocenters. The van der Waals surface area contributed by atoms with E-state index in [4.69, 9.17) is 9.47 Å². The van der Waals surface area contributed by atoms with E-state index in [-0.39, 0.29) is 24.5 Å². The Bertz CT molecular complexity index is 846. The van der Waals surface area contributed by atoms with E-state index < -0.39 is 0 Å². The number of morpholine rings is 1. The molecule has 2 saturated heterocycles. The van der Waals surface area contributed by atoms with Gasteiger partial charge in [0.15, 0.2) is 5.13 Å². The number of rotatable bonds is 5. The zero-order valence-corrected chi connectivity index (χ0v) is 16.2. The fraction of sp³-hybridized carbons (Fsp3) is 0.500. The molecule has 28 heavy (non-hydrogen) atoms. The van der Waals surface area contributed by atoms with Crippen molar-refractivity contribution >= 4 is 44.3 Å². The van der Waals surface area contributed by atoms with Crippen LogP contribution in [0.25, 0.3) is 10.2 Å². The molecule has 0 bridgehead atoms. The molecule has 3 N–H and O–H groups in total. The van der Waals surface area contributed by atoms with Gasteiger partial charge in [0, 0.05) is 25.4 Å². The average Bonchev–Trinajstić information content (AvgIpc) is 3.36. The van der Waals surface area contributed by atoms with Crippen molar-refractivity contribution in [2.45, 2.75) is 12.5 Å². The number of nitrogens with one attached hydrogen (secondary N) is 3. The summed E-state index contributed by atoms with van der Waals surface area (Å²) >= 11 is 1.45. The number of fused-ring (bicyclic) bond motifs is 1. The first kappa shape index (κ1) is 18.9. The molecule has 1 aromatic heterocycles. The lowest BCUT2D eigenvalue weighted by atomic mass is 10.2. The number of hydrogen-bond acceptors (Lipinski definition) is 7. The first-order valence-electron chi connectivity index (χ1n) is 9.32. The first-order chi connectivity index (χ1) is 13.7. The van der Waals surface area contributed by atoms with E-state index in [0.29, 0.717) is 44.6 Å². The zero-order chi connectivity index (χ0) is 19.3. The molecule has 2 aliphatic heterocycles. The second kappa shape index (κ2) is 8.72. The topological polar surface area (TPSA) is 105 Å². The van der Waals surface area contributed by atoms with Crippen LogP contribution in [0.15, 0.2) is 18.2 Å². The van der Waals surface area contributed by atoms with Gasteiger partial charge < -0.3 is 30.3 Å². The van der Waals surface area contributed by atoms with Crippen molar-refractivity contribution in [3.05, 3.63) is 18.2 Å². The van der Waals surface area contributed by atoms with Crippen molar-refractivity contribution < 1.29 is 19.1 Å². The number of urea groups is 1. The summed E-state index contributed by atoms with van der Waals surface area (Å²) in [6, 6.07) is 5.56. The Kier molecular flexibility index (Phi) is 5.89.